The van der Waals surface area contributed by atoms with Gasteiger partial charge in [-0.1, -0.05) is 0 Å². The van der Waals surface area contributed by atoms with Crippen LogP contribution in [-0.4, -0.2) is 24.8 Å². The highest BCUT2D eigenvalue weighted by Crippen LogP contribution is 2.35. The minimum Gasteiger partial charge on any atom is -0.396 e. The van der Waals surface area contributed by atoms with Crippen LogP contribution in [-0.2, 0) is 0 Å². The standard InChI is InChI=1S/C12H19NOS/c1-9-4-7-15-12(9)11(8-14)10-2-5-13-6-3-10/h4,7,10-11,13-14H,2-3,5-6,8H2,1H3. The monoisotopic (exact) mass is 225 g/mol. The van der Waals surface area contributed by atoms with Crippen LogP contribution in [0.1, 0.15) is 29.2 Å². The molecule has 2 nitrogen and oxygen atoms in total. The Hall–Kier alpha value is -0.380. The molecule has 0 aromatic carbocycles. The van der Waals surface area contributed by atoms with Crippen LogP contribution in [0.25, 0.3) is 0 Å². The summed E-state index contributed by atoms with van der Waals surface area (Å²) >= 11 is 1.80. The van der Waals surface area contributed by atoms with E-state index in [1.54, 1.807) is 11.3 Å². The molecule has 1 aromatic heterocycles. The molecule has 0 saturated carbocycles. The lowest BCUT2D eigenvalue weighted by Crippen LogP contribution is -2.31. The highest BCUT2D eigenvalue weighted by molar-refractivity contribution is 7.10. The van der Waals surface area contributed by atoms with Gasteiger partial charge in [-0.3, -0.25) is 0 Å². The normalized spacial score (nSPS) is 20.4. The molecule has 84 valence electrons. The Kier molecular flexibility index (Phi) is 3.78. The Balaban J connectivity index is 2.12. The summed E-state index contributed by atoms with van der Waals surface area (Å²) in [5.41, 5.74) is 1.34. The maximum atomic E-state index is 9.56. The molecule has 0 radical (unpaired) electrons. The largest absolute Gasteiger partial charge is 0.396 e. The lowest BCUT2D eigenvalue weighted by atomic mass is 9.83. The van der Waals surface area contributed by atoms with Gasteiger partial charge in [-0.25, -0.2) is 0 Å². The summed E-state index contributed by atoms with van der Waals surface area (Å²) < 4.78 is 0. The summed E-state index contributed by atoms with van der Waals surface area (Å²) in [6, 6.07) is 2.16. The van der Waals surface area contributed by atoms with Gasteiger partial charge in [0.05, 0.1) is 6.61 Å². The van der Waals surface area contributed by atoms with Gasteiger partial charge >= 0.3 is 0 Å². The molecule has 1 unspecified atom stereocenters. The number of hydrogen-bond donors (Lipinski definition) is 2. The molecule has 1 saturated heterocycles. The molecule has 2 heterocycles. The highest BCUT2D eigenvalue weighted by atomic mass is 32.1. The number of nitrogens with one attached hydrogen (secondary N) is 1. The minimum atomic E-state index is 0.298. The molecule has 0 bridgehead atoms. The number of piperidine rings is 1. The molecule has 1 atom stereocenters. The van der Waals surface area contributed by atoms with Crippen molar-refractivity contribution in [3.63, 3.8) is 0 Å². The predicted molar refractivity (Wildman–Crippen MR) is 64.5 cm³/mol. The predicted octanol–water partition coefficient (Wildman–Crippen LogP) is 2.13. The molecule has 1 aliphatic heterocycles. The number of aliphatic hydroxyl groups excluding tert-OH is 1. The molecule has 0 spiro atoms. The lowest BCUT2D eigenvalue weighted by Gasteiger charge is -2.29. The molecular weight excluding hydrogens is 206 g/mol. The Bertz CT molecular complexity index is 304. The van der Waals surface area contributed by atoms with Gasteiger partial charge in [-0.15, -0.1) is 11.3 Å². The second kappa shape index (κ2) is 5.10. The van der Waals surface area contributed by atoms with E-state index in [9.17, 15) is 5.11 Å². The number of rotatable bonds is 3. The van der Waals surface area contributed by atoms with Crippen molar-refractivity contribution in [1.82, 2.24) is 5.32 Å². The van der Waals surface area contributed by atoms with Crippen molar-refractivity contribution in [2.45, 2.75) is 25.7 Å². The smallest absolute Gasteiger partial charge is 0.0510 e. The Morgan fingerprint density at radius 2 is 2.27 bits per heavy atom. The Morgan fingerprint density at radius 1 is 1.53 bits per heavy atom. The van der Waals surface area contributed by atoms with Crippen molar-refractivity contribution < 1.29 is 5.11 Å². The third kappa shape index (κ3) is 2.41. The van der Waals surface area contributed by atoms with Crippen LogP contribution >= 0.6 is 11.3 Å². The SMILES string of the molecule is Cc1ccsc1C(CO)C1CCNCC1. The van der Waals surface area contributed by atoms with Crippen LogP contribution in [0.15, 0.2) is 11.4 Å². The van der Waals surface area contributed by atoms with Crippen molar-refractivity contribution in [3.05, 3.63) is 21.9 Å². The third-order valence-corrected chi connectivity index (χ3v) is 4.54. The van der Waals surface area contributed by atoms with Crippen molar-refractivity contribution in [2.24, 2.45) is 5.92 Å². The molecule has 2 rings (SSSR count). The average molecular weight is 225 g/mol. The van der Waals surface area contributed by atoms with E-state index in [-0.39, 0.29) is 0 Å². The van der Waals surface area contributed by atoms with Crippen molar-refractivity contribution in [2.75, 3.05) is 19.7 Å². The summed E-state index contributed by atoms with van der Waals surface area (Å²) in [5.74, 6) is 1.03. The molecule has 2 N–H and O–H groups in total. The number of thiophene rings is 1. The molecular formula is C12H19NOS. The van der Waals surface area contributed by atoms with Gasteiger partial charge in [0.15, 0.2) is 0 Å². The average Bonchev–Trinajstić information content (AvgIpc) is 2.68. The van der Waals surface area contributed by atoms with E-state index >= 15 is 0 Å². The van der Waals surface area contributed by atoms with E-state index in [0.717, 1.165) is 13.1 Å². The highest BCUT2D eigenvalue weighted by Gasteiger charge is 2.26. The molecule has 0 amide bonds. The zero-order valence-corrected chi connectivity index (χ0v) is 10.0. The summed E-state index contributed by atoms with van der Waals surface area (Å²) in [6.45, 7) is 4.65. The topological polar surface area (TPSA) is 32.3 Å². The lowest BCUT2D eigenvalue weighted by molar-refractivity contribution is 0.203. The Morgan fingerprint density at radius 3 is 2.80 bits per heavy atom. The Labute approximate surface area is 95.3 Å². The first kappa shape index (κ1) is 11.1. The number of aryl methyl sites for hydroxylation is 1. The van der Waals surface area contributed by atoms with Crippen LogP contribution in [0, 0.1) is 12.8 Å². The van der Waals surface area contributed by atoms with Gasteiger partial charge in [0.1, 0.15) is 0 Å². The minimum absolute atomic E-state index is 0.298. The van der Waals surface area contributed by atoms with E-state index in [1.807, 2.05) is 0 Å². The summed E-state index contributed by atoms with van der Waals surface area (Å²) in [7, 11) is 0. The van der Waals surface area contributed by atoms with Gasteiger partial charge in [-0.05, 0) is 55.8 Å². The molecule has 15 heavy (non-hydrogen) atoms. The fourth-order valence-corrected chi connectivity index (χ4v) is 3.57. The van der Waals surface area contributed by atoms with Crippen molar-refractivity contribution >= 4 is 11.3 Å². The fraction of sp³-hybridized carbons (Fsp3) is 0.667. The summed E-state index contributed by atoms with van der Waals surface area (Å²) in [6.07, 6.45) is 2.39. The first-order valence-electron chi connectivity index (χ1n) is 5.68. The third-order valence-electron chi connectivity index (χ3n) is 3.39. The molecule has 3 heteroatoms. The van der Waals surface area contributed by atoms with Gasteiger partial charge in [-0.2, -0.15) is 0 Å². The second-order valence-corrected chi connectivity index (χ2v) is 5.29. The summed E-state index contributed by atoms with van der Waals surface area (Å²) in [5, 5.41) is 15.1. The van der Waals surface area contributed by atoms with Crippen LogP contribution < -0.4 is 5.32 Å². The van der Waals surface area contributed by atoms with Crippen molar-refractivity contribution in [3.8, 4) is 0 Å². The quantitative estimate of drug-likeness (QED) is 0.826. The van der Waals surface area contributed by atoms with Crippen LogP contribution in [0.4, 0.5) is 0 Å². The maximum absolute atomic E-state index is 9.56. The molecule has 1 aromatic rings. The number of hydrogen-bond acceptors (Lipinski definition) is 3. The van der Waals surface area contributed by atoms with Crippen LogP contribution in [0.2, 0.25) is 0 Å². The van der Waals surface area contributed by atoms with Crippen LogP contribution in [0.5, 0.6) is 0 Å². The van der Waals surface area contributed by atoms with Gasteiger partial charge in [0, 0.05) is 10.8 Å². The van der Waals surface area contributed by atoms with Gasteiger partial charge < -0.3 is 10.4 Å². The van der Waals surface area contributed by atoms with E-state index < -0.39 is 0 Å². The van der Waals surface area contributed by atoms with Gasteiger partial charge in [0.2, 0.25) is 0 Å². The van der Waals surface area contributed by atoms with Gasteiger partial charge in [0.25, 0.3) is 0 Å². The fourth-order valence-electron chi connectivity index (χ4n) is 2.46. The van der Waals surface area contributed by atoms with Crippen molar-refractivity contribution in [1.29, 1.82) is 0 Å². The second-order valence-electron chi connectivity index (χ2n) is 4.34. The molecule has 1 fully saturated rings. The van der Waals surface area contributed by atoms with E-state index in [1.165, 1.54) is 23.3 Å². The zero-order chi connectivity index (χ0) is 10.7. The first-order valence-corrected chi connectivity index (χ1v) is 6.56. The summed E-state index contributed by atoms with van der Waals surface area (Å²) in [4.78, 5) is 1.39. The van der Waals surface area contributed by atoms with E-state index in [0.29, 0.717) is 18.4 Å². The van der Waals surface area contributed by atoms with Crippen LogP contribution in [0.3, 0.4) is 0 Å². The number of aliphatic hydroxyl groups is 1. The van der Waals surface area contributed by atoms with E-state index in [2.05, 4.69) is 23.7 Å². The zero-order valence-electron chi connectivity index (χ0n) is 9.20. The molecule has 0 aliphatic carbocycles. The maximum Gasteiger partial charge on any atom is 0.0510 e. The first-order chi connectivity index (χ1) is 7.33. The molecule has 1 aliphatic rings. The van der Waals surface area contributed by atoms with E-state index in [4.69, 9.17) is 0 Å².